The molecule has 8 nitrogen and oxygen atoms in total. The Morgan fingerprint density at radius 3 is 2.04 bits per heavy atom. The van der Waals surface area contributed by atoms with Crippen LogP contribution in [0.2, 0.25) is 0 Å². The number of sulfonamides is 1. The van der Waals surface area contributed by atoms with Crippen LogP contribution in [-0.2, 0) is 32.6 Å². The summed E-state index contributed by atoms with van der Waals surface area (Å²) in [5.74, 6) is -1.10. The predicted molar refractivity (Wildman–Crippen MR) is 180 cm³/mol. The summed E-state index contributed by atoms with van der Waals surface area (Å²) in [6, 6.07) is 26.3. The van der Waals surface area contributed by atoms with Gasteiger partial charge in [0.05, 0.1) is 17.7 Å². The Morgan fingerprint density at radius 2 is 1.48 bits per heavy atom. The number of halogens is 2. The average Bonchev–Trinajstić information content (AvgIpc) is 3.02. The van der Waals surface area contributed by atoms with Gasteiger partial charge in [0.25, 0.3) is 10.0 Å². The van der Waals surface area contributed by atoms with Crippen LogP contribution in [0.4, 0.5) is 10.1 Å². The quantitative estimate of drug-likeness (QED) is 0.185. The zero-order valence-electron chi connectivity index (χ0n) is 26.1. The molecule has 0 radical (unpaired) electrons. The highest BCUT2D eigenvalue weighted by molar-refractivity contribution is 9.10. The standard InChI is InChI=1S/C35H37BrFN3O5S/c1-35(2,3)38-34(42)32(22-25-8-6-5-7-9-25)39(23-26-10-12-27(36)13-11-26)33(41)24-40(29-16-14-28(37)15-17-29)46(43,44)31-20-18-30(45-4)19-21-31/h5-21,32H,22-24H2,1-4H3,(H,38,42)/t32-/m1/s1. The number of hydrogen-bond donors (Lipinski definition) is 1. The summed E-state index contributed by atoms with van der Waals surface area (Å²) in [6.45, 7) is 4.93. The average molecular weight is 711 g/mol. The number of methoxy groups -OCH3 is 1. The van der Waals surface area contributed by atoms with Gasteiger partial charge in [-0.3, -0.25) is 13.9 Å². The van der Waals surface area contributed by atoms with Crippen molar-refractivity contribution in [2.24, 2.45) is 0 Å². The van der Waals surface area contributed by atoms with E-state index in [4.69, 9.17) is 4.74 Å². The first kappa shape index (κ1) is 34.6. The van der Waals surface area contributed by atoms with Gasteiger partial charge in [0.15, 0.2) is 0 Å². The Bertz CT molecular complexity index is 1730. The number of ether oxygens (including phenoxy) is 1. The SMILES string of the molecule is COc1ccc(S(=O)(=O)N(CC(=O)N(Cc2ccc(Br)cc2)[C@H](Cc2ccccc2)C(=O)NC(C)(C)C)c2ccc(F)cc2)cc1. The van der Waals surface area contributed by atoms with E-state index >= 15 is 0 Å². The number of amides is 2. The van der Waals surface area contributed by atoms with Gasteiger partial charge >= 0.3 is 0 Å². The number of benzene rings is 4. The van der Waals surface area contributed by atoms with Crippen LogP contribution in [0.25, 0.3) is 0 Å². The molecule has 11 heteroatoms. The molecule has 0 saturated heterocycles. The first-order valence-corrected chi connectivity index (χ1v) is 16.8. The van der Waals surface area contributed by atoms with E-state index < -0.39 is 39.9 Å². The normalized spacial score (nSPS) is 12.2. The van der Waals surface area contributed by atoms with Crippen molar-refractivity contribution in [1.82, 2.24) is 10.2 Å². The lowest BCUT2D eigenvalue weighted by molar-refractivity contribution is -0.140. The molecule has 0 aliphatic carbocycles. The van der Waals surface area contributed by atoms with Crippen LogP contribution in [0.1, 0.15) is 31.9 Å². The van der Waals surface area contributed by atoms with Crippen LogP contribution in [0.5, 0.6) is 5.75 Å². The Hall–Kier alpha value is -4.22. The number of anilines is 1. The van der Waals surface area contributed by atoms with Crippen molar-refractivity contribution in [1.29, 1.82) is 0 Å². The molecule has 0 aliphatic heterocycles. The zero-order chi connectivity index (χ0) is 33.5. The van der Waals surface area contributed by atoms with Crippen molar-refractivity contribution in [3.8, 4) is 5.75 Å². The smallest absolute Gasteiger partial charge is 0.264 e. The van der Waals surface area contributed by atoms with E-state index in [2.05, 4.69) is 21.2 Å². The number of rotatable bonds is 12. The van der Waals surface area contributed by atoms with E-state index in [1.54, 1.807) is 0 Å². The lowest BCUT2D eigenvalue weighted by Gasteiger charge is -2.35. The summed E-state index contributed by atoms with van der Waals surface area (Å²) in [6.07, 6.45) is 0.187. The lowest BCUT2D eigenvalue weighted by Crippen LogP contribution is -2.56. The van der Waals surface area contributed by atoms with Crippen LogP contribution in [0, 0.1) is 5.82 Å². The summed E-state index contributed by atoms with van der Waals surface area (Å²) in [5, 5.41) is 3.00. The highest BCUT2D eigenvalue weighted by Gasteiger charge is 2.35. The summed E-state index contributed by atoms with van der Waals surface area (Å²) < 4.78 is 49.1. The first-order chi connectivity index (χ1) is 21.8. The van der Waals surface area contributed by atoms with Crippen LogP contribution < -0.4 is 14.4 Å². The van der Waals surface area contributed by atoms with E-state index in [9.17, 15) is 22.4 Å². The monoisotopic (exact) mass is 709 g/mol. The fourth-order valence-electron chi connectivity index (χ4n) is 4.80. The molecule has 4 rings (SSSR count). The van der Waals surface area contributed by atoms with Crippen LogP contribution in [-0.4, -0.2) is 50.4 Å². The Balaban J connectivity index is 1.81. The molecule has 0 spiro atoms. The van der Waals surface area contributed by atoms with E-state index in [1.165, 1.54) is 48.4 Å². The Kier molecular flexibility index (Phi) is 11.2. The van der Waals surface area contributed by atoms with E-state index in [0.29, 0.717) is 5.75 Å². The molecule has 1 N–H and O–H groups in total. The summed E-state index contributed by atoms with van der Waals surface area (Å²) in [5.41, 5.74) is 1.06. The molecular weight excluding hydrogens is 673 g/mol. The number of carbonyl (C=O) groups excluding carboxylic acids is 2. The minimum Gasteiger partial charge on any atom is -0.497 e. The van der Waals surface area contributed by atoms with Gasteiger partial charge in [-0.1, -0.05) is 58.4 Å². The lowest BCUT2D eigenvalue weighted by atomic mass is 10.0. The van der Waals surface area contributed by atoms with Gasteiger partial charge < -0.3 is 15.0 Å². The molecule has 0 saturated carbocycles. The van der Waals surface area contributed by atoms with Crippen molar-refractivity contribution in [3.05, 3.63) is 125 Å². The molecule has 46 heavy (non-hydrogen) atoms. The molecule has 0 aliphatic rings. The van der Waals surface area contributed by atoms with Crippen molar-refractivity contribution in [2.45, 2.75) is 50.2 Å². The molecule has 1 atom stereocenters. The van der Waals surface area contributed by atoms with Crippen molar-refractivity contribution < 1.29 is 27.1 Å². The molecule has 0 unspecified atom stereocenters. The first-order valence-electron chi connectivity index (χ1n) is 14.6. The second kappa shape index (κ2) is 14.9. The number of nitrogens with zero attached hydrogens (tertiary/aromatic N) is 2. The molecule has 242 valence electrons. The molecule has 0 aromatic heterocycles. The molecule has 0 heterocycles. The molecule has 0 fully saturated rings. The van der Waals surface area contributed by atoms with Crippen LogP contribution >= 0.6 is 15.9 Å². The van der Waals surface area contributed by atoms with Gasteiger partial charge in [-0.15, -0.1) is 0 Å². The van der Waals surface area contributed by atoms with Crippen molar-refractivity contribution in [3.63, 3.8) is 0 Å². The minimum absolute atomic E-state index is 0.0288. The highest BCUT2D eigenvalue weighted by atomic mass is 79.9. The van der Waals surface area contributed by atoms with Crippen LogP contribution in [0.15, 0.2) is 112 Å². The second-order valence-corrected chi connectivity index (χ2v) is 14.5. The largest absolute Gasteiger partial charge is 0.497 e. The van der Waals surface area contributed by atoms with Crippen molar-refractivity contribution in [2.75, 3.05) is 18.0 Å². The topological polar surface area (TPSA) is 96.0 Å². The maximum atomic E-state index is 14.5. The summed E-state index contributed by atoms with van der Waals surface area (Å²) >= 11 is 3.43. The van der Waals surface area contributed by atoms with Gasteiger partial charge in [-0.25, -0.2) is 12.8 Å². The molecule has 4 aromatic rings. The maximum Gasteiger partial charge on any atom is 0.264 e. The zero-order valence-corrected chi connectivity index (χ0v) is 28.5. The Labute approximate surface area is 278 Å². The third-order valence-electron chi connectivity index (χ3n) is 7.08. The summed E-state index contributed by atoms with van der Waals surface area (Å²) in [7, 11) is -2.86. The van der Waals surface area contributed by atoms with Gasteiger partial charge in [-0.2, -0.15) is 0 Å². The third kappa shape index (κ3) is 9.17. The van der Waals surface area contributed by atoms with E-state index in [-0.39, 0.29) is 29.5 Å². The van der Waals surface area contributed by atoms with Crippen molar-refractivity contribution >= 4 is 43.5 Å². The Morgan fingerprint density at radius 1 is 0.870 bits per heavy atom. The molecular formula is C35H37BrFN3O5S. The van der Waals surface area contributed by atoms with Gasteiger partial charge in [-0.05, 0) is 92.6 Å². The maximum absolute atomic E-state index is 14.5. The van der Waals surface area contributed by atoms with E-state index in [0.717, 1.165) is 32.0 Å². The predicted octanol–water partition coefficient (Wildman–Crippen LogP) is 6.35. The third-order valence-corrected chi connectivity index (χ3v) is 9.39. The molecule has 2 amide bonds. The molecule has 0 bridgehead atoms. The minimum atomic E-state index is -4.33. The highest BCUT2D eigenvalue weighted by Crippen LogP contribution is 2.27. The number of nitrogens with one attached hydrogen (secondary N) is 1. The van der Waals surface area contributed by atoms with Gasteiger partial charge in [0.1, 0.15) is 24.2 Å². The number of hydrogen-bond acceptors (Lipinski definition) is 5. The fourth-order valence-corrected chi connectivity index (χ4v) is 6.48. The summed E-state index contributed by atoms with van der Waals surface area (Å²) in [4.78, 5) is 29.7. The van der Waals surface area contributed by atoms with Gasteiger partial charge in [0, 0.05) is 23.0 Å². The van der Waals surface area contributed by atoms with E-state index in [1.807, 2.05) is 75.4 Å². The number of carbonyl (C=O) groups is 2. The van der Waals surface area contributed by atoms with Crippen LogP contribution in [0.3, 0.4) is 0 Å². The van der Waals surface area contributed by atoms with Gasteiger partial charge in [0.2, 0.25) is 11.8 Å². The second-order valence-electron chi connectivity index (χ2n) is 11.8. The fraction of sp³-hybridized carbons (Fsp3) is 0.257. The molecule has 4 aromatic carbocycles.